The van der Waals surface area contributed by atoms with E-state index in [2.05, 4.69) is 10.1 Å². The summed E-state index contributed by atoms with van der Waals surface area (Å²) in [5.41, 5.74) is -3.15. The Morgan fingerprint density at radius 2 is 1.56 bits per heavy atom. The van der Waals surface area contributed by atoms with Gasteiger partial charge in [-0.3, -0.25) is 4.90 Å². The normalized spacial score (nSPS) is 14.8. The highest BCUT2D eigenvalue weighted by molar-refractivity contribution is 5.89. The molecule has 0 bridgehead atoms. The number of aromatic carboxylic acids is 1. The Morgan fingerprint density at radius 1 is 0.889 bits per heavy atom. The number of para-hydroxylation sites is 1. The minimum absolute atomic E-state index is 0.127. The standard InChI is InChI=1S/C29H21F9N4O3/c30-27(31,32)15-41-12-18(13-41)17-9-7-16(8-10-17)14-45-24-19(3-1-4-21(24)28(33,34)35)22-5-2-6-23(40-22)42-25(29(36,37)38)20(11-39-42)26(43)44/h1-11,18H,12-15H2,(H,43,44). The van der Waals surface area contributed by atoms with Gasteiger partial charge in [0.25, 0.3) is 0 Å². The molecular formula is C29H21F9N4O3. The number of hydrogen-bond donors (Lipinski definition) is 1. The van der Waals surface area contributed by atoms with Gasteiger partial charge in [0.2, 0.25) is 0 Å². The first-order valence-electron chi connectivity index (χ1n) is 13.1. The first-order valence-corrected chi connectivity index (χ1v) is 13.1. The highest BCUT2D eigenvalue weighted by Crippen LogP contribution is 2.42. The quantitative estimate of drug-likeness (QED) is 0.204. The molecule has 0 amide bonds. The summed E-state index contributed by atoms with van der Waals surface area (Å²) < 4.78 is 127. The van der Waals surface area contributed by atoms with E-state index < -0.39 is 59.4 Å². The van der Waals surface area contributed by atoms with E-state index >= 15 is 0 Å². The number of carboxylic acid groups (broad SMARTS) is 1. The first-order chi connectivity index (χ1) is 21.0. The molecule has 0 radical (unpaired) electrons. The van der Waals surface area contributed by atoms with Crippen LogP contribution in [0.4, 0.5) is 39.5 Å². The highest BCUT2D eigenvalue weighted by Gasteiger charge is 2.41. The van der Waals surface area contributed by atoms with Gasteiger partial charge in [-0.1, -0.05) is 36.4 Å². The number of aromatic nitrogens is 3. The zero-order valence-corrected chi connectivity index (χ0v) is 22.7. The number of nitrogens with zero attached hydrogens (tertiary/aromatic N) is 4. The maximum atomic E-state index is 14.0. The summed E-state index contributed by atoms with van der Waals surface area (Å²) in [6, 6.07) is 13.1. The molecular weight excluding hydrogens is 623 g/mol. The Labute approximate surface area is 248 Å². The highest BCUT2D eigenvalue weighted by atomic mass is 19.4. The Hall–Kier alpha value is -4.60. The van der Waals surface area contributed by atoms with Crippen LogP contribution >= 0.6 is 0 Å². The third-order valence-corrected chi connectivity index (χ3v) is 7.01. The van der Waals surface area contributed by atoms with Gasteiger partial charge in [-0.15, -0.1) is 0 Å². The number of benzene rings is 2. The minimum atomic E-state index is -5.15. The molecule has 1 fully saturated rings. The van der Waals surface area contributed by atoms with Gasteiger partial charge in [0, 0.05) is 24.6 Å². The van der Waals surface area contributed by atoms with Crippen molar-refractivity contribution in [3.8, 4) is 22.8 Å². The Kier molecular flexibility index (Phi) is 8.29. The zero-order chi connectivity index (χ0) is 32.7. The maximum Gasteiger partial charge on any atom is 0.434 e. The molecule has 2 aromatic carbocycles. The molecule has 4 aromatic rings. The van der Waals surface area contributed by atoms with Crippen molar-refractivity contribution in [3.63, 3.8) is 0 Å². The summed E-state index contributed by atoms with van der Waals surface area (Å²) in [7, 11) is 0. The maximum absolute atomic E-state index is 14.0. The average molecular weight is 644 g/mol. The van der Waals surface area contributed by atoms with E-state index in [1.54, 1.807) is 24.3 Å². The summed E-state index contributed by atoms with van der Waals surface area (Å²) in [4.78, 5) is 16.7. The molecule has 45 heavy (non-hydrogen) atoms. The zero-order valence-electron chi connectivity index (χ0n) is 22.7. The van der Waals surface area contributed by atoms with Crippen molar-refractivity contribution >= 4 is 5.97 Å². The molecule has 0 aliphatic carbocycles. The van der Waals surface area contributed by atoms with E-state index in [0.29, 0.717) is 11.8 Å². The molecule has 7 nitrogen and oxygen atoms in total. The molecule has 1 saturated heterocycles. The second-order valence-corrected chi connectivity index (χ2v) is 10.2. The number of likely N-dealkylation sites (tertiary alicyclic amines) is 1. The predicted molar refractivity (Wildman–Crippen MR) is 140 cm³/mol. The molecule has 3 heterocycles. The van der Waals surface area contributed by atoms with Gasteiger partial charge in [-0.25, -0.2) is 14.5 Å². The lowest BCUT2D eigenvalue weighted by Crippen LogP contribution is -2.49. The minimum Gasteiger partial charge on any atom is -0.488 e. The number of hydrogen-bond acceptors (Lipinski definition) is 5. The van der Waals surface area contributed by atoms with Crippen molar-refractivity contribution in [2.75, 3.05) is 19.6 Å². The fourth-order valence-electron chi connectivity index (χ4n) is 4.96. The van der Waals surface area contributed by atoms with Gasteiger partial charge >= 0.3 is 24.5 Å². The summed E-state index contributed by atoms with van der Waals surface area (Å²) >= 11 is 0. The molecule has 238 valence electrons. The van der Waals surface area contributed by atoms with E-state index in [1.165, 1.54) is 23.1 Å². The van der Waals surface area contributed by atoms with E-state index in [0.717, 1.165) is 23.8 Å². The third-order valence-electron chi connectivity index (χ3n) is 7.01. The molecule has 1 aliphatic rings. The topological polar surface area (TPSA) is 80.5 Å². The molecule has 16 heteroatoms. The van der Waals surface area contributed by atoms with Crippen LogP contribution in [-0.2, 0) is 19.0 Å². The van der Waals surface area contributed by atoms with Gasteiger partial charge in [0.15, 0.2) is 11.5 Å². The second-order valence-electron chi connectivity index (χ2n) is 10.2. The van der Waals surface area contributed by atoms with Crippen LogP contribution in [-0.4, -0.2) is 56.6 Å². The van der Waals surface area contributed by atoms with Crippen LogP contribution in [0, 0.1) is 0 Å². The number of halogens is 9. The van der Waals surface area contributed by atoms with Crippen LogP contribution in [0.5, 0.6) is 5.75 Å². The summed E-state index contributed by atoms with van der Waals surface area (Å²) in [5, 5.41) is 12.7. The van der Waals surface area contributed by atoms with E-state index in [9.17, 15) is 49.4 Å². The summed E-state index contributed by atoms with van der Waals surface area (Å²) in [5.74, 6) is -3.17. The van der Waals surface area contributed by atoms with Crippen molar-refractivity contribution in [2.24, 2.45) is 0 Å². The Morgan fingerprint density at radius 3 is 2.16 bits per heavy atom. The SMILES string of the molecule is O=C(O)c1cnn(-c2cccc(-c3cccc(C(F)(F)F)c3OCc3ccc(C4CN(CC(F)(F)F)C4)cc3)n2)c1C(F)(F)F. The van der Waals surface area contributed by atoms with Gasteiger partial charge in [-0.05, 0) is 35.4 Å². The molecule has 5 rings (SSSR count). The van der Waals surface area contributed by atoms with Gasteiger partial charge in [-0.2, -0.15) is 44.6 Å². The third kappa shape index (κ3) is 7.05. The van der Waals surface area contributed by atoms with Crippen molar-refractivity contribution in [1.29, 1.82) is 0 Å². The molecule has 1 N–H and O–H groups in total. The summed E-state index contributed by atoms with van der Waals surface area (Å²) in [6.45, 7) is -0.943. The fraction of sp³-hybridized carbons (Fsp3) is 0.276. The lowest BCUT2D eigenvalue weighted by atomic mass is 9.91. The van der Waals surface area contributed by atoms with Gasteiger partial charge < -0.3 is 9.84 Å². The van der Waals surface area contributed by atoms with Crippen molar-refractivity contribution in [3.05, 3.63) is 94.8 Å². The number of pyridine rings is 1. The molecule has 0 spiro atoms. The fourth-order valence-corrected chi connectivity index (χ4v) is 4.96. The average Bonchev–Trinajstić information content (AvgIpc) is 3.40. The Bertz CT molecular complexity index is 1690. The van der Waals surface area contributed by atoms with Gasteiger partial charge in [0.1, 0.15) is 17.9 Å². The number of ether oxygens (including phenoxy) is 1. The van der Waals surface area contributed by atoms with Crippen LogP contribution in [0.2, 0.25) is 0 Å². The predicted octanol–water partition coefficient (Wildman–Crippen LogP) is 7.21. The second kappa shape index (κ2) is 11.7. The van der Waals surface area contributed by atoms with Crippen molar-refractivity contribution in [2.45, 2.75) is 31.1 Å². The largest absolute Gasteiger partial charge is 0.488 e. The number of alkyl halides is 9. The summed E-state index contributed by atoms with van der Waals surface area (Å²) in [6.07, 6.45) is -13.8. The van der Waals surface area contributed by atoms with Crippen LogP contribution in [0.1, 0.15) is 38.7 Å². The van der Waals surface area contributed by atoms with E-state index in [4.69, 9.17) is 4.74 Å². The van der Waals surface area contributed by atoms with Crippen LogP contribution in [0.3, 0.4) is 0 Å². The van der Waals surface area contributed by atoms with Crippen LogP contribution in [0.25, 0.3) is 17.1 Å². The molecule has 1 aliphatic heterocycles. The van der Waals surface area contributed by atoms with E-state index in [-0.39, 0.29) is 41.6 Å². The van der Waals surface area contributed by atoms with E-state index in [1.807, 2.05) is 0 Å². The van der Waals surface area contributed by atoms with Crippen molar-refractivity contribution < 1.29 is 54.2 Å². The molecule has 0 atom stereocenters. The number of rotatable bonds is 8. The monoisotopic (exact) mass is 644 g/mol. The molecule has 2 aromatic heterocycles. The molecule has 0 saturated carbocycles. The number of carbonyl (C=O) groups is 1. The van der Waals surface area contributed by atoms with Gasteiger partial charge in [0.05, 0.1) is 24.0 Å². The first kappa shape index (κ1) is 31.8. The Balaban J connectivity index is 1.42. The molecule has 0 unspecified atom stereocenters. The van der Waals surface area contributed by atoms with Crippen LogP contribution in [0.15, 0.2) is 66.9 Å². The lowest BCUT2D eigenvalue weighted by Gasteiger charge is -2.39. The number of carboxylic acids is 1. The van der Waals surface area contributed by atoms with Crippen LogP contribution < -0.4 is 4.74 Å². The lowest BCUT2D eigenvalue weighted by molar-refractivity contribution is -0.155. The smallest absolute Gasteiger partial charge is 0.434 e. The van der Waals surface area contributed by atoms with Crippen molar-refractivity contribution in [1.82, 2.24) is 19.7 Å².